The molecule has 0 aromatic carbocycles. The van der Waals surface area contributed by atoms with E-state index < -0.39 is 6.03 Å². The smallest absolute Gasteiger partial charge is 0.321 e. The van der Waals surface area contributed by atoms with E-state index in [4.69, 9.17) is 0 Å². The van der Waals surface area contributed by atoms with Crippen LogP contribution in [0.2, 0.25) is 0 Å². The molecule has 1 aliphatic rings. The Bertz CT molecular complexity index is 435. The fourth-order valence-corrected chi connectivity index (χ4v) is 2.38. The van der Waals surface area contributed by atoms with Crippen LogP contribution in [-0.2, 0) is 9.59 Å². The molecule has 1 aliphatic heterocycles. The molecule has 4 amide bonds. The SMILES string of the molecule is CC(C)C(=O)N1CCN(CCC(=O)NC(=O)NC(C)(C)C)CC1. The number of imide groups is 1. The second kappa shape index (κ2) is 8.29. The van der Waals surface area contributed by atoms with Crippen molar-refractivity contribution in [3.63, 3.8) is 0 Å². The summed E-state index contributed by atoms with van der Waals surface area (Å²) in [4.78, 5) is 39.3. The van der Waals surface area contributed by atoms with Gasteiger partial charge in [-0.05, 0) is 20.8 Å². The molecule has 2 N–H and O–H groups in total. The lowest BCUT2D eigenvalue weighted by Crippen LogP contribution is -2.51. The minimum atomic E-state index is -0.463. The minimum Gasteiger partial charge on any atom is -0.340 e. The van der Waals surface area contributed by atoms with Crippen molar-refractivity contribution >= 4 is 17.8 Å². The average molecular weight is 326 g/mol. The molecule has 23 heavy (non-hydrogen) atoms. The molecule has 0 radical (unpaired) electrons. The molecule has 7 heteroatoms. The number of hydrogen-bond donors (Lipinski definition) is 2. The normalized spacial score (nSPS) is 16.3. The monoisotopic (exact) mass is 326 g/mol. The first kappa shape index (κ1) is 19.4. The van der Waals surface area contributed by atoms with E-state index in [2.05, 4.69) is 15.5 Å². The van der Waals surface area contributed by atoms with Crippen LogP contribution in [0, 0.1) is 5.92 Å². The molecule has 0 unspecified atom stereocenters. The molecular weight excluding hydrogens is 296 g/mol. The summed E-state index contributed by atoms with van der Waals surface area (Å²) >= 11 is 0. The lowest BCUT2D eigenvalue weighted by molar-refractivity contribution is -0.136. The van der Waals surface area contributed by atoms with Gasteiger partial charge in [0.15, 0.2) is 0 Å². The minimum absolute atomic E-state index is 0.0219. The molecule has 1 saturated heterocycles. The van der Waals surface area contributed by atoms with Crippen LogP contribution in [0.4, 0.5) is 4.79 Å². The summed E-state index contributed by atoms with van der Waals surface area (Å²) in [6.07, 6.45) is 0.274. The quantitative estimate of drug-likeness (QED) is 0.801. The topological polar surface area (TPSA) is 81.8 Å². The zero-order valence-electron chi connectivity index (χ0n) is 14.9. The van der Waals surface area contributed by atoms with Crippen molar-refractivity contribution in [3.05, 3.63) is 0 Å². The van der Waals surface area contributed by atoms with Gasteiger partial charge >= 0.3 is 6.03 Å². The molecule has 0 aliphatic carbocycles. The van der Waals surface area contributed by atoms with Crippen molar-refractivity contribution in [1.82, 2.24) is 20.4 Å². The zero-order valence-corrected chi connectivity index (χ0v) is 14.9. The van der Waals surface area contributed by atoms with E-state index >= 15 is 0 Å². The molecule has 0 aromatic heterocycles. The Morgan fingerprint density at radius 3 is 2.09 bits per heavy atom. The van der Waals surface area contributed by atoms with Gasteiger partial charge in [0.1, 0.15) is 0 Å². The van der Waals surface area contributed by atoms with Crippen molar-refractivity contribution in [2.75, 3.05) is 32.7 Å². The van der Waals surface area contributed by atoms with Crippen LogP contribution in [0.15, 0.2) is 0 Å². The Labute approximate surface area is 138 Å². The third-order valence-corrected chi connectivity index (χ3v) is 3.57. The molecule has 1 heterocycles. The molecule has 1 fully saturated rings. The van der Waals surface area contributed by atoms with Gasteiger partial charge in [0.25, 0.3) is 0 Å². The van der Waals surface area contributed by atoms with E-state index in [1.54, 1.807) is 0 Å². The van der Waals surface area contributed by atoms with Gasteiger partial charge in [-0.3, -0.25) is 19.8 Å². The van der Waals surface area contributed by atoms with E-state index in [0.29, 0.717) is 19.6 Å². The van der Waals surface area contributed by atoms with E-state index in [-0.39, 0.29) is 29.7 Å². The van der Waals surface area contributed by atoms with Crippen LogP contribution in [-0.4, -0.2) is 65.9 Å². The second-order valence-electron chi connectivity index (χ2n) is 7.32. The van der Waals surface area contributed by atoms with Gasteiger partial charge in [0.05, 0.1) is 0 Å². The first-order chi connectivity index (χ1) is 10.6. The number of carbonyl (C=O) groups excluding carboxylic acids is 3. The highest BCUT2D eigenvalue weighted by atomic mass is 16.2. The number of nitrogens with one attached hydrogen (secondary N) is 2. The van der Waals surface area contributed by atoms with Crippen LogP contribution in [0.1, 0.15) is 41.0 Å². The zero-order chi connectivity index (χ0) is 17.6. The van der Waals surface area contributed by atoms with Gasteiger partial charge in [-0.15, -0.1) is 0 Å². The summed E-state index contributed by atoms with van der Waals surface area (Å²) in [6, 6.07) is -0.463. The maximum atomic E-state index is 11.9. The van der Waals surface area contributed by atoms with Gasteiger partial charge in [0.2, 0.25) is 11.8 Å². The molecule has 0 atom stereocenters. The fraction of sp³-hybridized carbons (Fsp3) is 0.812. The van der Waals surface area contributed by atoms with Crippen molar-refractivity contribution in [2.24, 2.45) is 5.92 Å². The van der Waals surface area contributed by atoms with Crippen LogP contribution >= 0.6 is 0 Å². The molecule has 7 nitrogen and oxygen atoms in total. The Morgan fingerprint density at radius 1 is 1.04 bits per heavy atom. The van der Waals surface area contributed by atoms with Crippen molar-refractivity contribution in [1.29, 1.82) is 0 Å². The number of nitrogens with zero attached hydrogens (tertiary/aromatic N) is 2. The Hall–Kier alpha value is -1.63. The van der Waals surface area contributed by atoms with Gasteiger partial charge < -0.3 is 10.2 Å². The summed E-state index contributed by atoms with van der Waals surface area (Å²) in [5.74, 6) is -0.0812. The van der Waals surface area contributed by atoms with Crippen LogP contribution in [0.3, 0.4) is 0 Å². The number of urea groups is 1. The number of rotatable bonds is 4. The molecule has 132 valence electrons. The van der Waals surface area contributed by atoms with E-state index in [1.807, 2.05) is 39.5 Å². The summed E-state index contributed by atoms with van der Waals surface area (Å²) in [5, 5.41) is 5.03. The maximum Gasteiger partial charge on any atom is 0.321 e. The maximum absolute atomic E-state index is 11.9. The van der Waals surface area contributed by atoms with Crippen molar-refractivity contribution in [2.45, 2.75) is 46.6 Å². The van der Waals surface area contributed by atoms with Crippen LogP contribution < -0.4 is 10.6 Å². The number of hydrogen-bond acceptors (Lipinski definition) is 4. The predicted octanol–water partition coefficient (Wildman–Crippen LogP) is 0.801. The Morgan fingerprint density at radius 2 is 1.61 bits per heavy atom. The van der Waals surface area contributed by atoms with Gasteiger partial charge in [-0.1, -0.05) is 13.8 Å². The largest absolute Gasteiger partial charge is 0.340 e. The lowest BCUT2D eigenvalue weighted by Gasteiger charge is -2.35. The second-order valence-corrected chi connectivity index (χ2v) is 7.32. The van der Waals surface area contributed by atoms with Gasteiger partial charge in [0, 0.05) is 50.6 Å². The van der Waals surface area contributed by atoms with E-state index in [9.17, 15) is 14.4 Å². The number of piperazine rings is 1. The average Bonchev–Trinajstić information content (AvgIpc) is 2.42. The molecule has 0 bridgehead atoms. The van der Waals surface area contributed by atoms with E-state index in [1.165, 1.54) is 0 Å². The highest BCUT2D eigenvalue weighted by molar-refractivity contribution is 5.94. The van der Waals surface area contributed by atoms with Crippen LogP contribution in [0.5, 0.6) is 0 Å². The number of amides is 4. The first-order valence-electron chi connectivity index (χ1n) is 8.21. The highest BCUT2D eigenvalue weighted by Crippen LogP contribution is 2.07. The standard InChI is InChI=1S/C16H30N4O3/c1-12(2)14(22)20-10-8-19(9-11-20)7-6-13(21)17-15(23)18-16(3,4)5/h12H,6-11H2,1-5H3,(H2,17,18,21,23). The van der Waals surface area contributed by atoms with Gasteiger partial charge in [-0.25, -0.2) is 4.79 Å². The lowest BCUT2D eigenvalue weighted by atomic mass is 10.1. The first-order valence-corrected chi connectivity index (χ1v) is 8.21. The summed E-state index contributed by atoms with van der Waals surface area (Å²) < 4.78 is 0. The third kappa shape index (κ3) is 7.45. The van der Waals surface area contributed by atoms with Crippen molar-refractivity contribution in [3.8, 4) is 0 Å². The molecule has 0 saturated carbocycles. The Balaban J connectivity index is 2.25. The summed E-state index contributed by atoms with van der Waals surface area (Å²) in [7, 11) is 0. The highest BCUT2D eigenvalue weighted by Gasteiger charge is 2.23. The third-order valence-electron chi connectivity index (χ3n) is 3.57. The van der Waals surface area contributed by atoms with Crippen LogP contribution in [0.25, 0.3) is 0 Å². The summed E-state index contributed by atoms with van der Waals surface area (Å²) in [5.41, 5.74) is -0.371. The summed E-state index contributed by atoms with van der Waals surface area (Å²) in [6.45, 7) is 12.9. The fourth-order valence-electron chi connectivity index (χ4n) is 2.38. The van der Waals surface area contributed by atoms with E-state index in [0.717, 1.165) is 13.1 Å². The van der Waals surface area contributed by atoms with Gasteiger partial charge in [-0.2, -0.15) is 0 Å². The molecule has 1 rings (SSSR count). The van der Waals surface area contributed by atoms with Crippen molar-refractivity contribution < 1.29 is 14.4 Å². The molecule has 0 spiro atoms. The molecule has 0 aromatic rings. The number of carbonyl (C=O) groups is 3. The molecular formula is C16H30N4O3. The Kier molecular flexibility index (Phi) is 7.00. The predicted molar refractivity (Wildman–Crippen MR) is 88.9 cm³/mol.